The zero-order valence-electron chi connectivity index (χ0n) is 17.6. The highest BCUT2D eigenvalue weighted by molar-refractivity contribution is 7.98. The molecule has 0 aliphatic carbocycles. The number of halogens is 3. The van der Waals surface area contributed by atoms with Crippen molar-refractivity contribution < 1.29 is 18.3 Å². The monoisotopic (exact) mass is 491 g/mol. The van der Waals surface area contributed by atoms with Crippen molar-refractivity contribution >= 4 is 46.6 Å². The first-order valence-electron chi connectivity index (χ1n) is 10.0. The number of benzene rings is 2. The van der Waals surface area contributed by atoms with Crippen molar-refractivity contribution in [1.29, 1.82) is 0 Å². The molecular weight excluding hydrogens is 472 g/mol. The number of hydrogen-bond donors (Lipinski definition) is 2. The van der Waals surface area contributed by atoms with E-state index in [1.54, 1.807) is 24.3 Å². The number of nitrogens with zero attached hydrogens (tertiary/aromatic N) is 3. The van der Waals surface area contributed by atoms with Crippen LogP contribution >= 0.6 is 23.4 Å². The molecule has 4 rings (SSSR count). The second-order valence-electron chi connectivity index (χ2n) is 7.08. The van der Waals surface area contributed by atoms with E-state index >= 15 is 0 Å². The van der Waals surface area contributed by atoms with Crippen LogP contribution < -0.4 is 15.5 Å². The maximum atomic E-state index is 13.3. The minimum atomic E-state index is -1.04. The number of morpholine rings is 1. The molecule has 1 aliphatic heterocycles. The highest BCUT2D eigenvalue weighted by atomic mass is 35.5. The van der Waals surface area contributed by atoms with Gasteiger partial charge >= 0.3 is 6.03 Å². The fourth-order valence-corrected chi connectivity index (χ4v) is 4.24. The number of rotatable bonds is 5. The quantitative estimate of drug-likeness (QED) is 0.373. The van der Waals surface area contributed by atoms with Crippen LogP contribution in [0.1, 0.15) is 0 Å². The molecule has 7 nitrogen and oxygen atoms in total. The highest BCUT2D eigenvalue weighted by Crippen LogP contribution is 2.35. The third kappa shape index (κ3) is 5.52. The average Bonchev–Trinajstić information content (AvgIpc) is 2.82. The number of ether oxygens (including phenoxy) is 1. The second-order valence-corrected chi connectivity index (χ2v) is 8.25. The van der Waals surface area contributed by atoms with Gasteiger partial charge in [-0.15, -0.1) is 11.8 Å². The van der Waals surface area contributed by atoms with E-state index < -0.39 is 17.7 Å². The van der Waals surface area contributed by atoms with Gasteiger partial charge in [0.1, 0.15) is 11.0 Å². The van der Waals surface area contributed by atoms with Gasteiger partial charge in [0.2, 0.25) is 0 Å². The number of thioether (sulfide) groups is 1. The molecule has 0 unspecified atom stereocenters. The maximum Gasteiger partial charge on any atom is 0.323 e. The molecule has 172 valence electrons. The average molecular weight is 492 g/mol. The van der Waals surface area contributed by atoms with E-state index in [0.29, 0.717) is 29.9 Å². The first-order valence-corrected chi connectivity index (χ1v) is 11.6. The van der Waals surface area contributed by atoms with Gasteiger partial charge < -0.3 is 20.3 Å². The molecule has 0 radical (unpaired) electrons. The minimum Gasteiger partial charge on any atom is -0.378 e. The molecule has 2 heterocycles. The molecule has 33 heavy (non-hydrogen) atoms. The summed E-state index contributed by atoms with van der Waals surface area (Å²) in [5.41, 5.74) is 1.36. The zero-order valence-corrected chi connectivity index (χ0v) is 19.1. The molecule has 11 heteroatoms. The molecule has 2 aromatic carbocycles. The lowest BCUT2D eigenvalue weighted by Crippen LogP contribution is -2.37. The van der Waals surface area contributed by atoms with Crippen LogP contribution in [-0.4, -0.2) is 48.6 Å². The first kappa shape index (κ1) is 23.2. The fourth-order valence-electron chi connectivity index (χ4n) is 3.28. The molecule has 1 aliphatic rings. The van der Waals surface area contributed by atoms with E-state index in [1.165, 1.54) is 17.8 Å². The normalized spacial score (nSPS) is 13.6. The molecule has 0 bridgehead atoms. The Morgan fingerprint density at radius 2 is 1.70 bits per heavy atom. The molecule has 1 saturated heterocycles. The van der Waals surface area contributed by atoms with Crippen molar-refractivity contribution in [3.05, 3.63) is 59.3 Å². The summed E-state index contributed by atoms with van der Waals surface area (Å²) in [4.78, 5) is 24.3. The van der Waals surface area contributed by atoms with Gasteiger partial charge in [0.15, 0.2) is 17.5 Å². The Morgan fingerprint density at radius 3 is 2.36 bits per heavy atom. The third-order valence-corrected chi connectivity index (χ3v) is 6.07. The van der Waals surface area contributed by atoms with Crippen molar-refractivity contribution in [1.82, 2.24) is 9.97 Å². The molecule has 1 aromatic heterocycles. The van der Waals surface area contributed by atoms with E-state index in [9.17, 15) is 13.6 Å². The van der Waals surface area contributed by atoms with Crippen LogP contribution in [0.3, 0.4) is 0 Å². The molecule has 2 amide bonds. The Labute approximate surface area is 198 Å². The Morgan fingerprint density at radius 1 is 1.03 bits per heavy atom. The predicted molar refractivity (Wildman–Crippen MR) is 126 cm³/mol. The van der Waals surface area contributed by atoms with Gasteiger partial charge in [0.05, 0.1) is 18.1 Å². The number of anilines is 3. The third-order valence-electron chi connectivity index (χ3n) is 4.90. The van der Waals surface area contributed by atoms with Crippen LogP contribution in [-0.2, 0) is 4.74 Å². The van der Waals surface area contributed by atoms with Crippen LogP contribution in [0.5, 0.6) is 0 Å². The molecule has 0 atom stereocenters. The summed E-state index contributed by atoms with van der Waals surface area (Å²) in [7, 11) is 0. The SMILES string of the molecule is CSc1c(Cl)nc(-c2ccc(NC(=O)Nc3ccc(F)c(F)c3)cc2)nc1N1CCOCC1. The largest absolute Gasteiger partial charge is 0.378 e. The summed E-state index contributed by atoms with van der Waals surface area (Å²) >= 11 is 7.95. The Balaban J connectivity index is 1.50. The number of nitrogens with one attached hydrogen (secondary N) is 2. The lowest BCUT2D eigenvalue weighted by Gasteiger charge is -2.29. The van der Waals surface area contributed by atoms with Crippen molar-refractivity contribution in [3.63, 3.8) is 0 Å². The van der Waals surface area contributed by atoms with Crippen LogP contribution in [0.15, 0.2) is 47.4 Å². The van der Waals surface area contributed by atoms with E-state index in [0.717, 1.165) is 41.5 Å². The first-order chi connectivity index (χ1) is 15.9. The molecule has 3 aromatic rings. The van der Waals surface area contributed by atoms with Gasteiger partial charge in [-0.25, -0.2) is 23.5 Å². The topological polar surface area (TPSA) is 79.4 Å². The Bertz CT molecular complexity index is 1160. The second kappa shape index (κ2) is 10.3. The highest BCUT2D eigenvalue weighted by Gasteiger charge is 2.21. The van der Waals surface area contributed by atoms with Crippen molar-refractivity contribution in [2.24, 2.45) is 0 Å². The van der Waals surface area contributed by atoms with Crippen LogP contribution in [0, 0.1) is 11.6 Å². The Hall–Kier alpha value is -2.95. The van der Waals surface area contributed by atoms with Crippen LogP contribution in [0.25, 0.3) is 11.4 Å². The number of amides is 2. The number of carbonyl (C=O) groups excluding carboxylic acids is 1. The summed E-state index contributed by atoms with van der Waals surface area (Å²) < 4.78 is 31.8. The predicted octanol–water partition coefficient (Wildman–Crippen LogP) is 5.28. The smallest absolute Gasteiger partial charge is 0.323 e. The summed E-state index contributed by atoms with van der Waals surface area (Å²) in [6.07, 6.45) is 1.93. The number of aromatic nitrogens is 2. The van der Waals surface area contributed by atoms with Crippen molar-refractivity contribution in [2.45, 2.75) is 4.90 Å². The van der Waals surface area contributed by atoms with Crippen LogP contribution in [0.2, 0.25) is 5.15 Å². The van der Waals surface area contributed by atoms with Crippen LogP contribution in [0.4, 0.5) is 30.8 Å². The lowest BCUT2D eigenvalue weighted by molar-refractivity contribution is 0.122. The van der Waals surface area contributed by atoms with Gasteiger partial charge in [0, 0.05) is 36.1 Å². The van der Waals surface area contributed by atoms with E-state index in [-0.39, 0.29) is 5.69 Å². The molecular formula is C22H20ClF2N5O2S. The molecule has 0 saturated carbocycles. The Kier molecular flexibility index (Phi) is 7.26. The van der Waals surface area contributed by atoms with E-state index in [2.05, 4.69) is 20.5 Å². The van der Waals surface area contributed by atoms with Gasteiger partial charge in [-0.05, 0) is 42.7 Å². The van der Waals surface area contributed by atoms with Gasteiger partial charge in [-0.2, -0.15) is 0 Å². The van der Waals surface area contributed by atoms with E-state index in [4.69, 9.17) is 21.3 Å². The number of carbonyl (C=O) groups is 1. The molecule has 0 spiro atoms. The summed E-state index contributed by atoms with van der Waals surface area (Å²) in [5.74, 6) is -0.785. The fraction of sp³-hybridized carbons (Fsp3) is 0.227. The molecule has 2 N–H and O–H groups in total. The zero-order chi connectivity index (χ0) is 23.4. The number of hydrogen-bond acceptors (Lipinski definition) is 6. The summed E-state index contributed by atoms with van der Waals surface area (Å²) in [5, 5.41) is 5.47. The standard InChI is InChI=1S/C22H20ClF2N5O2S/c1-33-18-19(23)28-20(29-21(18)30-8-10-32-11-9-30)13-2-4-14(5-3-13)26-22(31)27-15-6-7-16(24)17(25)12-15/h2-7,12H,8-11H2,1H3,(H2,26,27,31). The van der Waals surface area contributed by atoms with Crippen molar-refractivity contribution in [3.8, 4) is 11.4 Å². The van der Waals surface area contributed by atoms with Gasteiger partial charge in [-0.3, -0.25) is 0 Å². The van der Waals surface area contributed by atoms with Gasteiger partial charge in [-0.1, -0.05) is 11.6 Å². The summed E-state index contributed by atoms with van der Waals surface area (Å²) in [6, 6.07) is 9.44. The number of urea groups is 1. The summed E-state index contributed by atoms with van der Waals surface area (Å²) in [6.45, 7) is 2.68. The maximum absolute atomic E-state index is 13.3. The van der Waals surface area contributed by atoms with Gasteiger partial charge in [0.25, 0.3) is 0 Å². The van der Waals surface area contributed by atoms with E-state index in [1.807, 2.05) is 6.26 Å². The minimum absolute atomic E-state index is 0.135. The lowest BCUT2D eigenvalue weighted by atomic mass is 10.2. The molecule has 1 fully saturated rings. The van der Waals surface area contributed by atoms with Crippen molar-refractivity contribution in [2.75, 3.05) is 48.1 Å².